The molecule has 0 radical (unpaired) electrons. The Hall–Kier alpha value is -3.16. The molecular formula is C23H26N4O3. The van der Waals surface area contributed by atoms with Gasteiger partial charge in [0.1, 0.15) is 11.4 Å². The number of H-pyrrole nitrogens is 1. The Balaban J connectivity index is 1.46. The Morgan fingerprint density at radius 3 is 2.60 bits per heavy atom. The number of hydrogen-bond donors (Lipinski definition) is 2. The summed E-state index contributed by atoms with van der Waals surface area (Å²) in [6, 6.07) is 19.6. The molecule has 30 heavy (non-hydrogen) atoms. The van der Waals surface area contributed by atoms with E-state index >= 15 is 0 Å². The van der Waals surface area contributed by atoms with Crippen LogP contribution in [-0.2, 0) is 4.74 Å². The van der Waals surface area contributed by atoms with Gasteiger partial charge in [-0.05, 0) is 23.8 Å². The van der Waals surface area contributed by atoms with Crippen molar-refractivity contribution in [1.82, 2.24) is 20.4 Å². The number of carbonyl (C=O) groups excluding carboxylic acids is 1. The highest BCUT2D eigenvalue weighted by Crippen LogP contribution is 2.24. The molecule has 2 aromatic carbocycles. The number of morpholine rings is 1. The van der Waals surface area contributed by atoms with Gasteiger partial charge in [-0.1, -0.05) is 42.5 Å². The molecule has 1 aliphatic rings. The van der Waals surface area contributed by atoms with Gasteiger partial charge in [0.05, 0.1) is 32.1 Å². The first-order chi connectivity index (χ1) is 14.7. The Morgan fingerprint density at radius 2 is 1.90 bits per heavy atom. The molecule has 0 spiro atoms. The van der Waals surface area contributed by atoms with E-state index < -0.39 is 0 Å². The minimum absolute atomic E-state index is 0.0558. The van der Waals surface area contributed by atoms with Gasteiger partial charge < -0.3 is 14.8 Å². The molecule has 1 unspecified atom stereocenters. The van der Waals surface area contributed by atoms with Gasteiger partial charge in [0.25, 0.3) is 5.91 Å². The van der Waals surface area contributed by atoms with E-state index in [1.165, 1.54) is 0 Å². The normalized spacial score (nSPS) is 15.5. The summed E-state index contributed by atoms with van der Waals surface area (Å²) in [6.45, 7) is 3.54. The molecule has 2 N–H and O–H groups in total. The van der Waals surface area contributed by atoms with Gasteiger partial charge in [-0.2, -0.15) is 5.10 Å². The first kappa shape index (κ1) is 20.1. The highest BCUT2D eigenvalue weighted by Gasteiger charge is 2.24. The second-order valence-electron chi connectivity index (χ2n) is 7.18. The van der Waals surface area contributed by atoms with Crippen LogP contribution in [0.2, 0.25) is 0 Å². The summed E-state index contributed by atoms with van der Waals surface area (Å²) >= 11 is 0. The predicted octanol–water partition coefficient (Wildman–Crippen LogP) is 2.89. The molecule has 1 amide bonds. The van der Waals surface area contributed by atoms with Crippen molar-refractivity contribution in [1.29, 1.82) is 0 Å². The highest BCUT2D eigenvalue weighted by molar-refractivity contribution is 5.93. The van der Waals surface area contributed by atoms with Crippen LogP contribution in [0.3, 0.4) is 0 Å². The Kier molecular flexibility index (Phi) is 6.41. The largest absolute Gasteiger partial charge is 0.497 e. The van der Waals surface area contributed by atoms with Gasteiger partial charge in [-0.25, -0.2) is 0 Å². The van der Waals surface area contributed by atoms with Gasteiger partial charge in [-0.3, -0.25) is 14.8 Å². The molecular weight excluding hydrogens is 380 g/mol. The predicted molar refractivity (Wildman–Crippen MR) is 114 cm³/mol. The number of nitrogens with one attached hydrogen (secondary N) is 2. The van der Waals surface area contributed by atoms with Crippen molar-refractivity contribution in [3.63, 3.8) is 0 Å². The Bertz CT molecular complexity index is 950. The number of nitrogens with zero attached hydrogens (tertiary/aromatic N) is 2. The van der Waals surface area contributed by atoms with Crippen molar-refractivity contribution in [3.8, 4) is 17.0 Å². The number of amides is 1. The fraction of sp³-hybridized carbons (Fsp3) is 0.304. The second kappa shape index (κ2) is 9.56. The van der Waals surface area contributed by atoms with E-state index in [0.717, 1.165) is 35.7 Å². The van der Waals surface area contributed by atoms with E-state index in [1.807, 2.05) is 42.5 Å². The van der Waals surface area contributed by atoms with Crippen molar-refractivity contribution in [3.05, 3.63) is 71.9 Å². The van der Waals surface area contributed by atoms with Gasteiger partial charge in [0, 0.05) is 25.2 Å². The van der Waals surface area contributed by atoms with Crippen LogP contribution in [0, 0.1) is 0 Å². The quantitative estimate of drug-likeness (QED) is 0.631. The van der Waals surface area contributed by atoms with Crippen molar-refractivity contribution in [2.45, 2.75) is 6.04 Å². The number of aromatic amines is 1. The minimum Gasteiger partial charge on any atom is -0.497 e. The average molecular weight is 406 g/mol. The third-order valence-electron chi connectivity index (χ3n) is 5.34. The molecule has 156 valence electrons. The summed E-state index contributed by atoms with van der Waals surface area (Å²) in [5.41, 5.74) is 3.30. The first-order valence-corrected chi connectivity index (χ1v) is 10.1. The van der Waals surface area contributed by atoms with Gasteiger partial charge >= 0.3 is 0 Å². The summed E-state index contributed by atoms with van der Waals surface area (Å²) in [7, 11) is 1.66. The lowest BCUT2D eigenvalue weighted by atomic mass is 10.0. The summed E-state index contributed by atoms with van der Waals surface area (Å²) in [5.74, 6) is 0.644. The van der Waals surface area contributed by atoms with Crippen molar-refractivity contribution < 1.29 is 14.3 Å². The first-order valence-electron chi connectivity index (χ1n) is 10.1. The van der Waals surface area contributed by atoms with Gasteiger partial charge in [0.2, 0.25) is 0 Å². The summed E-state index contributed by atoms with van der Waals surface area (Å²) in [6.07, 6.45) is 0. The van der Waals surface area contributed by atoms with Crippen molar-refractivity contribution in [2.24, 2.45) is 0 Å². The molecule has 1 saturated heterocycles. The zero-order valence-electron chi connectivity index (χ0n) is 17.0. The summed E-state index contributed by atoms with van der Waals surface area (Å²) in [5, 5.41) is 10.2. The number of benzene rings is 2. The van der Waals surface area contributed by atoms with Crippen LogP contribution in [0.1, 0.15) is 22.1 Å². The maximum Gasteiger partial charge on any atom is 0.269 e. The van der Waals surface area contributed by atoms with E-state index in [-0.39, 0.29) is 11.9 Å². The van der Waals surface area contributed by atoms with E-state index in [4.69, 9.17) is 9.47 Å². The lowest BCUT2D eigenvalue weighted by Gasteiger charge is -2.35. The van der Waals surface area contributed by atoms with Crippen LogP contribution < -0.4 is 10.1 Å². The van der Waals surface area contributed by atoms with Crippen LogP contribution in [0.15, 0.2) is 60.7 Å². The summed E-state index contributed by atoms with van der Waals surface area (Å²) in [4.78, 5) is 15.1. The van der Waals surface area contributed by atoms with Crippen molar-refractivity contribution >= 4 is 5.91 Å². The molecule has 0 aliphatic carbocycles. The maximum atomic E-state index is 12.8. The zero-order chi connectivity index (χ0) is 20.8. The number of methoxy groups -OCH3 is 1. The molecule has 1 aromatic heterocycles. The number of ether oxygens (including phenoxy) is 2. The molecule has 0 bridgehead atoms. The smallest absolute Gasteiger partial charge is 0.269 e. The Morgan fingerprint density at radius 1 is 1.17 bits per heavy atom. The molecule has 7 nitrogen and oxygen atoms in total. The molecule has 1 aliphatic heterocycles. The lowest BCUT2D eigenvalue weighted by Crippen LogP contribution is -2.43. The number of carbonyl (C=O) groups is 1. The standard InChI is InChI=1S/C23H26N4O3/c1-29-19-9-7-18(8-10-19)22(27-11-13-30-14-12-27)16-24-23(28)21-15-20(25-26-21)17-5-3-2-4-6-17/h2-10,15,22H,11-14,16H2,1H3,(H,24,28)(H,25,26). The minimum atomic E-state index is -0.170. The molecule has 1 fully saturated rings. The topological polar surface area (TPSA) is 79.5 Å². The monoisotopic (exact) mass is 406 g/mol. The maximum absolute atomic E-state index is 12.8. The molecule has 2 heterocycles. The van der Waals surface area contributed by atoms with Crippen LogP contribution >= 0.6 is 0 Å². The second-order valence-corrected chi connectivity index (χ2v) is 7.18. The Labute approximate surface area is 176 Å². The van der Waals surface area contributed by atoms with Crippen LogP contribution in [0.25, 0.3) is 11.3 Å². The average Bonchev–Trinajstić information content (AvgIpc) is 3.31. The van der Waals surface area contributed by atoms with Gasteiger partial charge in [0.15, 0.2) is 0 Å². The lowest BCUT2D eigenvalue weighted by molar-refractivity contribution is 0.0162. The molecule has 3 aromatic rings. The third kappa shape index (κ3) is 4.69. The van der Waals surface area contributed by atoms with E-state index in [0.29, 0.717) is 25.5 Å². The zero-order valence-corrected chi connectivity index (χ0v) is 17.0. The highest BCUT2D eigenvalue weighted by atomic mass is 16.5. The molecule has 0 saturated carbocycles. The SMILES string of the molecule is COc1ccc(C(CNC(=O)c2cc(-c3ccccc3)n[nH]2)N2CCOCC2)cc1. The van der Waals surface area contributed by atoms with Gasteiger partial charge in [-0.15, -0.1) is 0 Å². The van der Waals surface area contributed by atoms with Crippen LogP contribution in [0.4, 0.5) is 0 Å². The summed E-state index contributed by atoms with van der Waals surface area (Å²) < 4.78 is 10.8. The third-order valence-corrected chi connectivity index (χ3v) is 5.34. The van der Waals surface area contributed by atoms with E-state index in [2.05, 4.69) is 32.5 Å². The molecule has 7 heteroatoms. The fourth-order valence-electron chi connectivity index (χ4n) is 3.65. The molecule has 4 rings (SSSR count). The van der Waals surface area contributed by atoms with E-state index in [9.17, 15) is 4.79 Å². The van der Waals surface area contributed by atoms with Crippen molar-refractivity contribution in [2.75, 3.05) is 40.0 Å². The number of hydrogen-bond acceptors (Lipinski definition) is 5. The number of aromatic nitrogens is 2. The number of rotatable bonds is 7. The molecule has 1 atom stereocenters. The van der Waals surface area contributed by atoms with Crippen LogP contribution in [0.5, 0.6) is 5.75 Å². The van der Waals surface area contributed by atoms with E-state index in [1.54, 1.807) is 13.2 Å². The fourth-order valence-corrected chi connectivity index (χ4v) is 3.65. The van der Waals surface area contributed by atoms with Crippen LogP contribution in [-0.4, -0.2) is 61.0 Å².